The van der Waals surface area contributed by atoms with Gasteiger partial charge in [0.25, 0.3) is 0 Å². The summed E-state index contributed by atoms with van der Waals surface area (Å²) in [6.07, 6.45) is 0. The van der Waals surface area contributed by atoms with Crippen LogP contribution >= 0.6 is 11.3 Å². The summed E-state index contributed by atoms with van der Waals surface area (Å²) in [5.74, 6) is 0.929. The lowest BCUT2D eigenvalue weighted by Gasteiger charge is -2.17. The van der Waals surface area contributed by atoms with Crippen LogP contribution < -0.4 is 0 Å². The van der Waals surface area contributed by atoms with Gasteiger partial charge in [-0.1, -0.05) is 164 Å². The summed E-state index contributed by atoms with van der Waals surface area (Å²) in [6.45, 7) is 0. The van der Waals surface area contributed by atoms with E-state index in [2.05, 4.69) is 18.2 Å². The van der Waals surface area contributed by atoms with E-state index < -0.39 is 59.5 Å². The zero-order chi connectivity index (χ0) is 46.6. The van der Waals surface area contributed by atoms with Crippen molar-refractivity contribution in [2.75, 3.05) is 0 Å². The van der Waals surface area contributed by atoms with Crippen molar-refractivity contribution in [3.63, 3.8) is 0 Å². The smallest absolute Gasteiger partial charge is 0.166 e. The summed E-state index contributed by atoms with van der Waals surface area (Å²) in [4.78, 5) is 15.2. The molecule has 11 aromatic rings. The summed E-state index contributed by atoms with van der Waals surface area (Å²) >= 11 is 1.66. The summed E-state index contributed by atoms with van der Waals surface area (Å²) in [6, 6.07) is 34.3. The maximum absolute atomic E-state index is 9.94. The quantitative estimate of drug-likeness (QED) is 0.170. The van der Waals surface area contributed by atoms with E-state index in [1.165, 1.54) is 10.6 Å². The number of benzene rings is 8. The van der Waals surface area contributed by atoms with Crippen molar-refractivity contribution in [1.82, 2.24) is 19.5 Å². The first-order chi connectivity index (χ1) is 32.3. The van der Waals surface area contributed by atoms with E-state index in [-0.39, 0.29) is 45.8 Å². The number of hydrogen-bond acceptors (Lipinski definition) is 4. The van der Waals surface area contributed by atoms with E-state index in [1.807, 2.05) is 97.1 Å². The highest BCUT2D eigenvalue weighted by Crippen LogP contribution is 2.43. The van der Waals surface area contributed by atoms with E-state index >= 15 is 0 Å². The van der Waals surface area contributed by atoms with Crippen LogP contribution in [0.5, 0.6) is 0 Å². The average Bonchev–Trinajstić information content (AvgIpc) is 3.93. The van der Waals surface area contributed by atoms with Gasteiger partial charge >= 0.3 is 0 Å². The third kappa shape index (κ3) is 5.40. The molecule has 3 aromatic heterocycles. The highest BCUT2D eigenvalue weighted by Gasteiger charge is 2.21. The molecule has 0 unspecified atom stereocenters. The molecule has 0 radical (unpaired) electrons. The zero-order valence-corrected chi connectivity index (χ0v) is 30.1. The van der Waals surface area contributed by atoms with Gasteiger partial charge in [-0.15, -0.1) is 11.3 Å². The van der Waals surface area contributed by atoms with Gasteiger partial charge in [0.15, 0.2) is 17.5 Å². The van der Waals surface area contributed by atoms with Crippen LogP contribution in [0.1, 0.15) is 15.1 Å². The minimum Gasteiger partial charge on any atom is -0.308 e. The van der Waals surface area contributed by atoms with Gasteiger partial charge in [-0.05, 0) is 52.5 Å². The summed E-state index contributed by atoms with van der Waals surface area (Å²) in [5.41, 5.74) is 2.97. The Morgan fingerprint density at radius 2 is 1.12 bits per heavy atom. The number of nitrogens with zero attached hydrogens (tertiary/aromatic N) is 4. The molecule has 0 fully saturated rings. The average molecular weight is 744 g/mol. The predicted octanol–water partition coefficient (Wildman–Crippen LogP) is 13.7. The number of aromatic nitrogens is 4. The molecule has 0 saturated carbocycles. The molecule has 56 heavy (non-hydrogen) atoms. The monoisotopic (exact) mass is 743 g/mol. The molecule has 0 amide bonds. The van der Waals surface area contributed by atoms with Crippen molar-refractivity contribution in [2.24, 2.45) is 0 Å². The largest absolute Gasteiger partial charge is 0.308 e. The van der Waals surface area contributed by atoms with Gasteiger partial charge in [-0.3, -0.25) is 0 Å². The van der Waals surface area contributed by atoms with Gasteiger partial charge in [0.2, 0.25) is 0 Å². The van der Waals surface area contributed by atoms with Gasteiger partial charge in [0.1, 0.15) is 0 Å². The summed E-state index contributed by atoms with van der Waals surface area (Å²) in [7, 11) is 0. The van der Waals surface area contributed by atoms with Gasteiger partial charge in [-0.25, -0.2) is 15.0 Å². The molecular weight excluding hydrogens is 701 g/mol. The van der Waals surface area contributed by atoms with Crippen molar-refractivity contribution >= 4 is 53.3 Å². The van der Waals surface area contributed by atoms with E-state index in [0.29, 0.717) is 34.0 Å². The molecule has 0 atom stereocenters. The molecule has 262 valence electrons. The minimum absolute atomic E-state index is 0.0252. The molecule has 5 heteroatoms. The fourth-order valence-electron chi connectivity index (χ4n) is 7.28. The topological polar surface area (TPSA) is 43.6 Å². The Balaban J connectivity index is 1.31. The second-order valence-corrected chi connectivity index (χ2v) is 14.2. The van der Waals surface area contributed by atoms with Crippen LogP contribution in [0.15, 0.2) is 194 Å². The zero-order valence-electron chi connectivity index (χ0n) is 40.3. The van der Waals surface area contributed by atoms with E-state index in [1.54, 1.807) is 17.4 Å². The molecule has 8 aromatic carbocycles. The van der Waals surface area contributed by atoms with Crippen molar-refractivity contribution in [1.29, 1.82) is 0 Å². The Hall–Kier alpha value is -7.21. The lowest BCUT2D eigenvalue weighted by Crippen LogP contribution is -2.04. The van der Waals surface area contributed by atoms with Crippen molar-refractivity contribution in [3.8, 4) is 62.1 Å². The Labute approximate surface area is 343 Å². The Kier molecular flexibility index (Phi) is 5.42. The summed E-state index contributed by atoms with van der Waals surface area (Å²) in [5, 5.41) is 2.09. The normalized spacial score (nSPS) is 14.3. The van der Waals surface area contributed by atoms with E-state index in [4.69, 9.17) is 23.2 Å². The molecule has 0 N–H and O–H groups in total. The molecule has 4 nitrogen and oxygen atoms in total. The standard InChI is InChI=1S/C51H32N4S/c1-4-15-33(16-5-1)36-27-29-40-39-21-10-12-25-44(39)55(46(40)32-36)45-30-28-37(38-23-14-24-42-41-22-11-13-26-47(41)56-48(38)42)31-43(45)51-53-49(34-17-6-2-7-18-34)52-50(54-51)35-19-8-3-9-20-35/h1-32H/i1D,4D,5D,10D,15D,16D,21D,25D,27D,29D,32D. The molecular formula is C51H32N4S. The number of thiophene rings is 1. The van der Waals surface area contributed by atoms with Crippen LogP contribution in [-0.4, -0.2) is 19.5 Å². The van der Waals surface area contributed by atoms with Gasteiger partial charge < -0.3 is 4.57 Å². The van der Waals surface area contributed by atoms with Crippen LogP contribution in [0.25, 0.3) is 104 Å². The summed E-state index contributed by atoms with van der Waals surface area (Å²) < 4.78 is 103. The fourth-order valence-corrected chi connectivity index (χ4v) is 8.52. The maximum Gasteiger partial charge on any atom is 0.166 e. The molecule has 0 aliphatic carbocycles. The maximum atomic E-state index is 9.94. The molecule has 3 heterocycles. The Morgan fingerprint density at radius 1 is 0.429 bits per heavy atom. The molecule has 0 bridgehead atoms. The number of rotatable bonds is 6. The van der Waals surface area contributed by atoms with Crippen LogP contribution in [0.3, 0.4) is 0 Å². The lowest BCUT2D eigenvalue weighted by molar-refractivity contribution is 1.06. The van der Waals surface area contributed by atoms with E-state index in [9.17, 15) is 6.85 Å². The molecule has 0 aliphatic heterocycles. The lowest BCUT2D eigenvalue weighted by atomic mass is 9.99. The highest BCUT2D eigenvalue weighted by atomic mass is 32.1. The van der Waals surface area contributed by atoms with Gasteiger partial charge in [0.05, 0.1) is 31.8 Å². The van der Waals surface area contributed by atoms with Crippen LogP contribution in [0.2, 0.25) is 0 Å². The first-order valence-corrected chi connectivity index (χ1v) is 18.7. The predicted molar refractivity (Wildman–Crippen MR) is 234 cm³/mol. The second kappa shape index (κ2) is 13.3. The van der Waals surface area contributed by atoms with Crippen molar-refractivity contribution in [2.45, 2.75) is 0 Å². The minimum atomic E-state index is -0.674. The first-order valence-electron chi connectivity index (χ1n) is 23.4. The number of fused-ring (bicyclic) bond motifs is 6. The van der Waals surface area contributed by atoms with Crippen molar-refractivity contribution in [3.05, 3.63) is 194 Å². The van der Waals surface area contributed by atoms with Crippen molar-refractivity contribution < 1.29 is 15.1 Å². The third-order valence-electron chi connectivity index (χ3n) is 9.85. The van der Waals surface area contributed by atoms with E-state index in [0.717, 1.165) is 31.3 Å². The Bertz CT molecular complexity index is 3810. The first kappa shape index (κ1) is 22.9. The number of para-hydroxylation sites is 1. The third-order valence-corrected chi connectivity index (χ3v) is 11.1. The van der Waals surface area contributed by atoms with Crippen LogP contribution in [-0.2, 0) is 0 Å². The fraction of sp³-hybridized carbons (Fsp3) is 0. The Morgan fingerprint density at radius 3 is 1.91 bits per heavy atom. The molecule has 0 aliphatic rings. The van der Waals surface area contributed by atoms with Crippen LogP contribution in [0, 0.1) is 0 Å². The number of hydrogen-bond donors (Lipinski definition) is 0. The second-order valence-electron chi connectivity index (χ2n) is 13.1. The van der Waals surface area contributed by atoms with Crippen LogP contribution in [0.4, 0.5) is 0 Å². The molecule has 11 rings (SSSR count). The molecule has 0 saturated heterocycles. The molecule has 0 spiro atoms. The highest BCUT2D eigenvalue weighted by molar-refractivity contribution is 7.26. The van der Waals surface area contributed by atoms with Gasteiger partial charge in [-0.2, -0.15) is 0 Å². The van der Waals surface area contributed by atoms with Gasteiger partial charge in [0, 0.05) is 47.6 Å². The SMILES string of the molecule is [2H]c1cc([2H])c2c(c1[2H])c1c([2H])c([2H])c(-c3c([2H])c([2H])c([2H])c([2H])c3[2H])c([2H])c1n2-c1ccc(-c2cccc3c2sc2ccccc23)cc1-c1nc(-c2ccccc2)nc(-c2ccccc2)n1.